The van der Waals surface area contributed by atoms with E-state index < -0.39 is 10.0 Å². The Kier molecular flexibility index (Phi) is 7.60. The Balaban J connectivity index is 1.85. The summed E-state index contributed by atoms with van der Waals surface area (Å²) >= 11 is 0. The summed E-state index contributed by atoms with van der Waals surface area (Å²) in [7, 11) is -2.12. The van der Waals surface area contributed by atoms with Gasteiger partial charge < -0.3 is 4.74 Å². The van der Waals surface area contributed by atoms with E-state index in [4.69, 9.17) is 0 Å². The summed E-state index contributed by atoms with van der Waals surface area (Å²) in [5.74, 6) is -0.192. The third-order valence-electron chi connectivity index (χ3n) is 4.44. The molecule has 0 amide bonds. The summed E-state index contributed by atoms with van der Waals surface area (Å²) in [5, 5.41) is 0. The molecule has 26 heavy (non-hydrogen) atoms. The van der Waals surface area contributed by atoms with Crippen LogP contribution < -0.4 is 4.72 Å². The largest absolute Gasteiger partial charge is 0.469 e. The van der Waals surface area contributed by atoms with Crippen molar-refractivity contribution in [2.45, 2.75) is 56.4 Å². The number of hydrogen-bond donors (Lipinski definition) is 1. The molecule has 1 atom stereocenters. The Labute approximate surface area is 156 Å². The molecule has 1 unspecified atom stereocenters. The summed E-state index contributed by atoms with van der Waals surface area (Å²) in [5.41, 5.74) is 2.13. The second-order valence-electron chi connectivity index (χ2n) is 6.49. The molecule has 0 bridgehead atoms. The standard InChI is InChI=1S/C20H27NO4S/c1-16-12-14-18(15-13-16)26(23,24)21-19-10-7-9-17(19)8-5-3-4-6-11-20(22)25-2/h3,5,9,12-15,19,21H,4,6-8,10-11H2,1-2H3/b5-3-. The lowest BCUT2D eigenvalue weighted by Crippen LogP contribution is -2.34. The molecule has 0 aromatic heterocycles. The topological polar surface area (TPSA) is 72.5 Å². The van der Waals surface area contributed by atoms with Crippen molar-refractivity contribution >= 4 is 16.0 Å². The predicted octanol–water partition coefficient (Wildman–Crippen LogP) is 3.65. The van der Waals surface area contributed by atoms with Crippen molar-refractivity contribution in [3.63, 3.8) is 0 Å². The smallest absolute Gasteiger partial charge is 0.305 e. The fourth-order valence-electron chi connectivity index (χ4n) is 2.90. The predicted molar refractivity (Wildman–Crippen MR) is 102 cm³/mol. The number of nitrogens with one attached hydrogen (secondary N) is 1. The van der Waals surface area contributed by atoms with Crippen molar-refractivity contribution in [3.8, 4) is 0 Å². The summed E-state index contributed by atoms with van der Waals surface area (Å²) in [6.07, 6.45) is 10.6. The highest BCUT2D eigenvalue weighted by Gasteiger charge is 2.24. The Bertz CT molecular complexity index is 764. The van der Waals surface area contributed by atoms with Crippen LogP contribution in [0.5, 0.6) is 0 Å². The first-order valence-corrected chi connectivity index (χ1v) is 10.4. The second kappa shape index (κ2) is 9.69. The van der Waals surface area contributed by atoms with Crippen molar-refractivity contribution in [1.29, 1.82) is 0 Å². The Morgan fingerprint density at radius 1 is 1.27 bits per heavy atom. The molecule has 5 nitrogen and oxygen atoms in total. The van der Waals surface area contributed by atoms with Gasteiger partial charge in [-0.05, 0) is 51.2 Å². The first kappa shape index (κ1) is 20.4. The third-order valence-corrected chi connectivity index (χ3v) is 5.93. The lowest BCUT2D eigenvalue weighted by molar-refractivity contribution is -0.140. The van der Waals surface area contributed by atoms with Gasteiger partial charge >= 0.3 is 5.97 Å². The van der Waals surface area contributed by atoms with Crippen LogP contribution in [0.2, 0.25) is 0 Å². The molecular weight excluding hydrogens is 350 g/mol. The highest BCUT2D eigenvalue weighted by Crippen LogP contribution is 2.24. The molecule has 1 aromatic rings. The maximum Gasteiger partial charge on any atom is 0.305 e. The van der Waals surface area contributed by atoms with Crippen molar-refractivity contribution in [2.75, 3.05) is 7.11 Å². The molecule has 0 fully saturated rings. The van der Waals surface area contributed by atoms with Crippen LogP contribution in [0, 0.1) is 6.92 Å². The van der Waals surface area contributed by atoms with Crippen LogP contribution >= 0.6 is 0 Å². The van der Waals surface area contributed by atoms with Gasteiger partial charge in [0.25, 0.3) is 0 Å². The van der Waals surface area contributed by atoms with Crippen molar-refractivity contribution in [3.05, 3.63) is 53.6 Å². The van der Waals surface area contributed by atoms with Gasteiger partial charge in [-0.15, -0.1) is 0 Å². The van der Waals surface area contributed by atoms with E-state index in [0.717, 1.165) is 43.2 Å². The summed E-state index contributed by atoms with van der Waals surface area (Å²) in [6.45, 7) is 1.93. The van der Waals surface area contributed by atoms with E-state index in [0.29, 0.717) is 11.3 Å². The minimum absolute atomic E-state index is 0.152. The van der Waals surface area contributed by atoms with Gasteiger partial charge in [-0.2, -0.15) is 0 Å². The SMILES string of the molecule is COC(=O)CCC/C=C\CC1=CCCC1NS(=O)(=O)c1ccc(C)cc1. The number of sulfonamides is 1. The molecule has 1 aromatic carbocycles. The zero-order chi connectivity index (χ0) is 19.0. The molecule has 1 aliphatic rings. The third kappa shape index (κ3) is 6.11. The Hall–Kier alpha value is -1.92. The maximum absolute atomic E-state index is 12.6. The zero-order valence-electron chi connectivity index (χ0n) is 15.4. The normalized spacial score (nSPS) is 17.5. The molecule has 2 rings (SSSR count). The minimum atomic E-state index is -3.51. The number of carbonyl (C=O) groups is 1. The number of rotatable bonds is 9. The second-order valence-corrected chi connectivity index (χ2v) is 8.20. The van der Waals surface area contributed by atoms with Crippen LogP contribution in [0.3, 0.4) is 0 Å². The van der Waals surface area contributed by atoms with Gasteiger partial charge in [0, 0.05) is 12.5 Å². The molecule has 142 valence electrons. The summed E-state index contributed by atoms with van der Waals surface area (Å²) in [4.78, 5) is 11.3. The van der Waals surface area contributed by atoms with Gasteiger partial charge in [0.05, 0.1) is 12.0 Å². The monoisotopic (exact) mass is 377 g/mol. The van der Waals surface area contributed by atoms with Crippen molar-refractivity contribution in [2.24, 2.45) is 0 Å². The average molecular weight is 378 g/mol. The molecule has 0 saturated carbocycles. The number of allylic oxidation sites excluding steroid dienone is 3. The van der Waals surface area contributed by atoms with Crippen LogP contribution in [0.25, 0.3) is 0 Å². The van der Waals surface area contributed by atoms with Crippen LogP contribution in [-0.2, 0) is 19.6 Å². The number of unbranched alkanes of at least 4 members (excludes halogenated alkanes) is 1. The molecule has 6 heteroatoms. The molecule has 1 aliphatic carbocycles. The molecule has 1 N–H and O–H groups in total. The number of aryl methyl sites for hydroxylation is 1. The molecule has 0 radical (unpaired) electrons. The fraction of sp³-hybridized carbons (Fsp3) is 0.450. The quantitative estimate of drug-likeness (QED) is 0.405. The lowest BCUT2D eigenvalue weighted by Gasteiger charge is -2.16. The average Bonchev–Trinajstić information content (AvgIpc) is 3.04. The van der Waals surface area contributed by atoms with Gasteiger partial charge in [-0.1, -0.05) is 41.5 Å². The first-order valence-electron chi connectivity index (χ1n) is 8.92. The summed E-state index contributed by atoms with van der Waals surface area (Å²) in [6, 6.07) is 6.73. The summed E-state index contributed by atoms with van der Waals surface area (Å²) < 4.78 is 32.5. The molecular formula is C20H27NO4S. The number of hydrogen-bond acceptors (Lipinski definition) is 4. The first-order chi connectivity index (χ1) is 12.4. The van der Waals surface area contributed by atoms with Gasteiger partial charge in [0.15, 0.2) is 0 Å². The van der Waals surface area contributed by atoms with Crippen molar-refractivity contribution in [1.82, 2.24) is 4.72 Å². The van der Waals surface area contributed by atoms with E-state index in [1.807, 2.05) is 19.1 Å². The van der Waals surface area contributed by atoms with E-state index in [1.165, 1.54) is 7.11 Å². The molecule has 0 saturated heterocycles. The zero-order valence-corrected chi connectivity index (χ0v) is 16.2. The molecule has 0 heterocycles. The fourth-order valence-corrected chi connectivity index (χ4v) is 4.17. The lowest BCUT2D eigenvalue weighted by atomic mass is 10.1. The number of methoxy groups -OCH3 is 1. The Morgan fingerprint density at radius 2 is 2.00 bits per heavy atom. The highest BCUT2D eigenvalue weighted by molar-refractivity contribution is 7.89. The van der Waals surface area contributed by atoms with E-state index >= 15 is 0 Å². The number of ether oxygens (including phenoxy) is 1. The number of carbonyl (C=O) groups excluding carboxylic acids is 1. The van der Waals surface area contributed by atoms with E-state index in [2.05, 4.69) is 15.5 Å². The number of benzene rings is 1. The maximum atomic E-state index is 12.6. The van der Waals surface area contributed by atoms with Gasteiger partial charge in [-0.3, -0.25) is 4.79 Å². The van der Waals surface area contributed by atoms with Gasteiger partial charge in [0.1, 0.15) is 0 Å². The van der Waals surface area contributed by atoms with Gasteiger partial charge in [0.2, 0.25) is 10.0 Å². The van der Waals surface area contributed by atoms with Crippen LogP contribution in [0.1, 0.15) is 44.1 Å². The number of esters is 1. The molecule has 0 aliphatic heterocycles. The van der Waals surface area contributed by atoms with Crippen LogP contribution in [0.15, 0.2) is 53.0 Å². The van der Waals surface area contributed by atoms with Gasteiger partial charge in [-0.25, -0.2) is 13.1 Å². The van der Waals surface area contributed by atoms with E-state index in [1.54, 1.807) is 24.3 Å². The van der Waals surface area contributed by atoms with E-state index in [-0.39, 0.29) is 12.0 Å². The highest BCUT2D eigenvalue weighted by atomic mass is 32.2. The van der Waals surface area contributed by atoms with Crippen LogP contribution in [0.4, 0.5) is 0 Å². The minimum Gasteiger partial charge on any atom is -0.469 e. The van der Waals surface area contributed by atoms with Crippen LogP contribution in [-0.4, -0.2) is 27.5 Å². The van der Waals surface area contributed by atoms with Crippen molar-refractivity contribution < 1.29 is 17.9 Å². The van der Waals surface area contributed by atoms with E-state index in [9.17, 15) is 13.2 Å². The Morgan fingerprint density at radius 3 is 2.69 bits per heavy atom. The molecule has 0 spiro atoms.